The van der Waals surface area contributed by atoms with E-state index in [1.807, 2.05) is 0 Å². The van der Waals surface area contributed by atoms with Crippen molar-refractivity contribution in [2.75, 3.05) is 5.73 Å². The van der Waals surface area contributed by atoms with E-state index < -0.39 is 30.0 Å². The third-order valence-corrected chi connectivity index (χ3v) is 4.21. The van der Waals surface area contributed by atoms with Crippen molar-refractivity contribution in [2.24, 2.45) is 0 Å². The number of anilines is 1. The Hall–Kier alpha value is -0.680. The third kappa shape index (κ3) is 3.50. The summed E-state index contributed by atoms with van der Waals surface area (Å²) >= 11 is 0. The van der Waals surface area contributed by atoms with Gasteiger partial charge in [-0.25, -0.2) is 0 Å². The van der Waals surface area contributed by atoms with Crippen molar-refractivity contribution in [3.05, 3.63) is 30.3 Å². The van der Waals surface area contributed by atoms with Gasteiger partial charge in [0, 0.05) is 11.1 Å². The van der Waals surface area contributed by atoms with Crippen molar-refractivity contribution in [1.29, 1.82) is 0 Å². The molecule has 0 fully saturated rings. The van der Waals surface area contributed by atoms with Crippen LogP contribution in [0.2, 0.25) is 0 Å². The van der Waals surface area contributed by atoms with Crippen LogP contribution >= 0.6 is 0 Å². The Morgan fingerprint density at radius 1 is 0.900 bits per heavy atom. The van der Waals surface area contributed by atoms with Crippen LogP contribution in [0.3, 0.4) is 0 Å². The molecular weight excluding hydrogens is 317 g/mol. The molecule has 0 aliphatic heterocycles. The van der Waals surface area contributed by atoms with Crippen LogP contribution < -0.4 is 5.73 Å². The van der Waals surface area contributed by atoms with E-state index in [4.69, 9.17) is 14.8 Å². The summed E-state index contributed by atoms with van der Waals surface area (Å²) in [5.74, 6) is 0. The van der Waals surface area contributed by atoms with Crippen molar-refractivity contribution in [2.45, 2.75) is 9.79 Å². The second kappa shape index (κ2) is 5.60. The van der Waals surface area contributed by atoms with Crippen LogP contribution in [0.5, 0.6) is 0 Å². The van der Waals surface area contributed by atoms with Gasteiger partial charge in [-0.2, -0.15) is 16.8 Å². The first-order valence-corrected chi connectivity index (χ1v) is 7.75. The molecule has 7 nitrogen and oxygen atoms in total. The number of nitrogen functional groups attached to an aromatic ring is 1. The van der Waals surface area contributed by atoms with Crippen LogP contribution in [-0.2, 0) is 20.2 Å². The molecular formula is C10H10NNaO6S2. The molecule has 0 heterocycles. The Morgan fingerprint density at radius 2 is 1.50 bits per heavy atom. The van der Waals surface area contributed by atoms with Crippen LogP contribution in [0.4, 0.5) is 5.69 Å². The van der Waals surface area contributed by atoms with Crippen LogP contribution in [-0.4, -0.2) is 55.5 Å². The summed E-state index contributed by atoms with van der Waals surface area (Å²) in [5, 5.41) is 0.270. The molecule has 104 valence electrons. The summed E-state index contributed by atoms with van der Waals surface area (Å²) in [4.78, 5) is -1.26. The number of fused-ring (bicyclic) bond motifs is 1. The second-order valence-electron chi connectivity index (χ2n) is 3.85. The van der Waals surface area contributed by atoms with Gasteiger partial charge in [-0.3, -0.25) is 9.11 Å². The summed E-state index contributed by atoms with van der Waals surface area (Å²) in [7, 11) is -9.25. The molecule has 4 N–H and O–H groups in total. The molecule has 2 aromatic rings. The summed E-state index contributed by atoms with van der Waals surface area (Å²) in [5.41, 5.74) is 5.76. The van der Waals surface area contributed by atoms with Gasteiger partial charge >= 0.3 is 29.6 Å². The summed E-state index contributed by atoms with van der Waals surface area (Å²) in [6.07, 6.45) is 0. The number of benzene rings is 2. The van der Waals surface area contributed by atoms with Gasteiger partial charge in [0.25, 0.3) is 20.2 Å². The first-order chi connectivity index (χ1) is 8.59. The van der Waals surface area contributed by atoms with Gasteiger partial charge < -0.3 is 5.73 Å². The Labute approximate surface area is 137 Å². The Bertz CT molecular complexity index is 876. The zero-order valence-corrected chi connectivity index (χ0v) is 10.9. The maximum absolute atomic E-state index is 11.3. The molecule has 0 atom stereocenters. The summed E-state index contributed by atoms with van der Waals surface area (Å²) in [6.45, 7) is 0. The number of rotatable bonds is 2. The first-order valence-electron chi connectivity index (χ1n) is 4.87. The van der Waals surface area contributed by atoms with Gasteiger partial charge in [-0.15, -0.1) is 0 Å². The monoisotopic (exact) mass is 327 g/mol. The maximum atomic E-state index is 11.3. The molecule has 2 rings (SSSR count). The number of hydrogen-bond donors (Lipinski definition) is 3. The predicted octanol–water partition coefficient (Wildman–Crippen LogP) is 0.267. The average molecular weight is 327 g/mol. The van der Waals surface area contributed by atoms with Gasteiger partial charge in [0.15, 0.2) is 0 Å². The van der Waals surface area contributed by atoms with Crippen molar-refractivity contribution >= 4 is 66.3 Å². The van der Waals surface area contributed by atoms with E-state index in [1.54, 1.807) is 0 Å². The topological polar surface area (TPSA) is 135 Å². The van der Waals surface area contributed by atoms with Crippen LogP contribution in [0.15, 0.2) is 40.1 Å². The van der Waals surface area contributed by atoms with Crippen LogP contribution in [0.1, 0.15) is 0 Å². The number of hydrogen-bond acceptors (Lipinski definition) is 5. The average Bonchev–Trinajstić information content (AvgIpc) is 2.24. The fraction of sp³-hybridized carbons (Fsp3) is 0. The molecule has 0 aliphatic carbocycles. The SMILES string of the molecule is Nc1ccc2cc(S(=O)(=O)O)cc(S(=O)(=O)O)c2c1.[NaH]. The third-order valence-electron chi connectivity index (χ3n) is 2.49. The van der Waals surface area contributed by atoms with Gasteiger partial charge in [-0.05, 0) is 29.7 Å². The normalized spacial score (nSPS) is 12.1. The van der Waals surface area contributed by atoms with Gasteiger partial charge in [0.1, 0.15) is 4.90 Å². The zero-order chi connectivity index (χ0) is 14.4. The molecule has 0 unspecified atom stereocenters. The Morgan fingerprint density at radius 3 is 2.00 bits per heavy atom. The molecule has 0 saturated carbocycles. The Balaban J connectivity index is 0.00000200. The fourth-order valence-electron chi connectivity index (χ4n) is 1.68. The number of nitrogens with two attached hydrogens (primary N) is 1. The molecule has 0 saturated heterocycles. The van der Waals surface area contributed by atoms with E-state index in [0.717, 1.165) is 6.07 Å². The van der Waals surface area contributed by atoms with Crippen molar-refractivity contribution in [3.8, 4) is 0 Å². The van der Waals surface area contributed by atoms with E-state index in [2.05, 4.69) is 0 Å². The quantitative estimate of drug-likeness (QED) is 0.409. The summed E-state index contributed by atoms with van der Waals surface area (Å²) < 4.78 is 62.8. The molecule has 0 spiro atoms. The van der Waals surface area contributed by atoms with E-state index in [0.29, 0.717) is 6.07 Å². The second-order valence-corrected chi connectivity index (χ2v) is 6.66. The molecule has 0 amide bonds. The van der Waals surface area contributed by atoms with E-state index >= 15 is 0 Å². The van der Waals surface area contributed by atoms with E-state index in [9.17, 15) is 16.8 Å². The zero-order valence-electron chi connectivity index (χ0n) is 9.31. The molecule has 2 aromatic carbocycles. The molecule has 0 bridgehead atoms. The van der Waals surface area contributed by atoms with Gasteiger partial charge in [0.05, 0.1) is 4.90 Å². The predicted molar refractivity (Wildman–Crippen MR) is 75.1 cm³/mol. The van der Waals surface area contributed by atoms with Crippen molar-refractivity contribution < 1.29 is 25.9 Å². The van der Waals surface area contributed by atoms with Gasteiger partial charge in [-0.1, -0.05) is 6.07 Å². The van der Waals surface area contributed by atoms with Crippen molar-refractivity contribution in [3.63, 3.8) is 0 Å². The molecule has 0 radical (unpaired) electrons. The molecule has 0 aromatic heterocycles. The first kappa shape index (κ1) is 17.4. The van der Waals surface area contributed by atoms with Gasteiger partial charge in [0.2, 0.25) is 0 Å². The molecule has 0 aliphatic rings. The summed E-state index contributed by atoms with van der Waals surface area (Å²) in [6, 6.07) is 5.86. The fourth-order valence-corrected chi connectivity index (χ4v) is 3.03. The van der Waals surface area contributed by atoms with Crippen molar-refractivity contribution in [1.82, 2.24) is 0 Å². The minimum absolute atomic E-state index is 0. The van der Waals surface area contributed by atoms with E-state index in [1.165, 1.54) is 18.2 Å². The van der Waals surface area contributed by atoms with Crippen LogP contribution in [0.25, 0.3) is 10.8 Å². The molecule has 10 heteroatoms. The van der Waals surface area contributed by atoms with E-state index in [-0.39, 0.29) is 46.0 Å². The molecule has 20 heavy (non-hydrogen) atoms. The Kier molecular flexibility index (Phi) is 4.87. The van der Waals surface area contributed by atoms with Crippen LogP contribution in [0, 0.1) is 0 Å². The minimum atomic E-state index is -4.66. The standard InChI is InChI=1S/C10H9NO6S2.Na.H/c11-7-2-1-6-3-8(18(12,13)14)5-10(9(6)4-7)19(15,16)17;;/h1-5H,11H2,(H,12,13,14)(H,15,16,17);;.